The van der Waals surface area contributed by atoms with Crippen LogP contribution in [0.4, 0.5) is 15.8 Å². The Morgan fingerprint density at radius 1 is 1.00 bits per heavy atom. The van der Waals surface area contributed by atoms with E-state index in [1.807, 2.05) is 36.4 Å². The van der Waals surface area contributed by atoms with E-state index < -0.39 is 0 Å². The Hall–Kier alpha value is -3.67. The van der Waals surface area contributed by atoms with Gasteiger partial charge in [-0.1, -0.05) is 30.3 Å². The number of carbonyl (C=O) groups is 1. The summed E-state index contributed by atoms with van der Waals surface area (Å²) < 4.78 is 24.4. The number of rotatable bonds is 3. The molecule has 3 aromatic rings. The summed E-state index contributed by atoms with van der Waals surface area (Å²) in [6.45, 7) is 0. The zero-order chi connectivity index (χ0) is 20.8. The number of aliphatic imine (C=N–C) groups is 1. The van der Waals surface area contributed by atoms with Gasteiger partial charge in [-0.05, 0) is 41.5 Å². The number of para-hydroxylation sites is 2. The minimum absolute atomic E-state index is 0.145. The van der Waals surface area contributed by atoms with Crippen molar-refractivity contribution in [2.75, 3.05) is 19.1 Å². The molecule has 5 rings (SSSR count). The summed E-state index contributed by atoms with van der Waals surface area (Å²) in [7, 11) is 3.09. The van der Waals surface area contributed by atoms with E-state index in [0.717, 1.165) is 22.5 Å². The molecule has 0 unspecified atom stereocenters. The Balaban J connectivity index is 1.72. The minimum atomic E-state index is -0.298. The molecule has 0 spiro atoms. The first kappa shape index (κ1) is 18.4. The predicted molar refractivity (Wildman–Crippen MR) is 113 cm³/mol. The van der Waals surface area contributed by atoms with Crippen LogP contribution in [0.3, 0.4) is 0 Å². The first-order valence-electron chi connectivity index (χ1n) is 9.63. The van der Waals surface area contributed by atoms with Crippen LogP contribution in [0, 0.1) is 5.82 Å². The van der Waals surface area contributed by atoms with Crippen molar-refractivity contribution in [2.45, 2.75) is 12.5 Å². The number of amides is 1. The number of halogens is 1. The zero-order valence-electron chi connectivity index (χ0n) is 16.6. The van der Waals surface area contributed by atoms with E-state index in [1.54, 1.807) is 24.1 Å². The van der Waals surface area contributed by atoms with Crippen LogP contribution in [0.5, 0.6) is 11.5 Å². The molecule has 150 valence electrons. The van der Waals surface area contributed by atoms with Gasteiger partial charge < -0.3 is 9.47 Å². The van der Waals surface area contributed by atoms with Crippen molar-refractivity contribution in [3.05, 3.63) is 83.2 Å². The van der Waals surface area contributed by atoms with Gasteiger partial charge in [-0.25, -0.2) is 4.39 Å². The molecule has 0 saturated heterocycles. The van der Waals surface area contributed by atoms with E-state index >= 15 is 0 Å². The van der Waals surface area contributed by atoms with Crippen LogP contribution in [-0.4, -0.2) is 25.8 Å². The van der Waals surface area contributed by atoms with Gasteiger partial charge in [-0.2, -0.15) is 0 Å². The van der Waals surface area contributed by atoms with Gasteiger partial charge in [0, 0.05) is 6.42 Å². The zero-order valence-corrected chi connectivity index (χ0v) is 16.6. The lowest BCUT2D eigenvalue weighted by atomic mass is 9.96. The smallest absolute Gasteiger partial charge is 0.263 e. The lowest BCUT2D eigenvalue weighted by molar-refractivity contribution is 0.0989. The number of nitrogens with zero attached hydrogens (tertiary/aromatic N) is 2. The number of fused-ring (bicyclic) bond motifs is 5. The molecule has 1 amide bonds. The van der Waals surface area contributed by atoms with Gasteiger partial charge in [0.2, 0.25) is 0 Å². The van der Waals surface area contributed by atoms with E-state index in [1.165, 1.54) is 19.2 Å². The molecule has 0 fully saturated rings. The Morgan fingerprint density at radius 3 is 2.50 bits per heavy atom. The molecular formula is C24H19FN2O3. The maximum absolute atomic E-state index is 13.6. The molecule has 30 heavy (non-hydrogen) atoms. The fraction of sp³-hybridized carbons (Fsp3) is 0.167. The number of hydrogen-bond acceptors (Lipinski definition) is 4. The first-order chi connectivity index (χ1) is 14.6. The van der Waals surface area contributed by atoms with Crippen LogP contribution in [-0.2, 0) is 0 Å². The van der Waals surface area contributed by atoms with Gasteiger partial charge in [0.15, 0.2) is 11.5 Å². The fourth-order valence-corrected chi connectivity index (χ4v) is 4.28. The summed E-state index contributed by atoms with van der Waals surface area (Å²) >= 11 is 0. The van der Waals surface area contributed by atoms with Crippen molar-refractivity contribution in [2.24, 2.45) is 4.99 Å². The molecular weight excluding hydrogens is 383 g/mol. The standard InChI is InChI=1S/C24H19FN2O3/c1-29-21-12-11-16-20-13-18(14-7-9-15(25)10-8-14)26-17-5-3-4-6-19(17)27(20)24(28)22(16)23(21)30-2/h3-12,20H,13H2,1-2H3/t20-/m1/s1. The largest absolute Gasteiger partial charge is 0.493 e. The van der Waals surface area contributed by atoms with Crippen LogP contribution in [0.2, 0.25) is 0 Å². The lowest BCUT2D eigenvalue weighted by Crippen LogP contribution is -2.28. The van der Waals surface area contributed by atoms with E-state index in [9.17, 15) is 9.18 Å². The monoisotopic (exact) mass is 402 g/mol. The number of carbonyl (C=O) groups excluding carboxylic acids is 1. The van der Waals surface area contributed by atoms with Gasteiger partial charge in [0.1, 0.15) is 5.82 Å². The van der Waals surface area contributed by atoms with Gasteiger partial charge >= 0.3 is 0 Å². The molecule has 5 nitrogen and oxygen atoms in total. The number of anilines is 1. The fourth-order valence-electron chi connectivity index (χ4n) is 4.28. The molecule has 0 radical (unpaired) electrons. The van der Waals surface area contributed by atoms with E-state index in [0.29, 0.717) is 29.2 Å². The molecule has 2 aliphatic heterocycles. The van der Waals surface area contributed by atoms with Crippen molar-refractivity contribution >= 4 is 23.0 Å². The predicted octanol–water partition coefficient (Wildman–Crippen LogP) is 5.07. The lowest BCUT2D eigenvalue weighted by Gasteiger charge is -2.24. The van der Waals surface area contributed by atoms with E-state index in [-0.39, 0.29) is 17.8 Å². The van der Waals surface area contributed by atoms with Crippen molar-refractivity contribution in [3.8, 4) is 11.5 Å². The summed E-state index contributed by atoms with van der Waals surface area (Å²) in [5.41, 5.74) is 4.44. The molecule has 0 saturated carbocycles. The van der Waals surface area contributed by atoms with Crippen molar-refractivity contribution in [1.29, 1.82) is 0 Å². The molecule has 6 heteroatoms. The number of ether oxygens (including phenoxy) is 2. The van der Waals surface area contributed by atoms with Crippen molar-refractivity contribution < 1.29 is 18.7 Å². The summed E-state index contributed by atoms with van der Waals surface area (Å²) in [6.07, 6.45) is 0.495. The summed E-state index contributed by atoms with van der Waals surface area (Å²) in [4.78, 5) is 20.2. The first-order valence-corrected chi connectivity index (χ1v) is 9.63. The second-order valence-electron chi connectivity index (χ2n) is 7.21. The molecule has 1 atom stereocenters. The average molecular weight is 402 g/mol. The molecule has 0 N–H and O–H groups in total. The normalized spacial score (nSPS) is 16.9. The quantitative estimate of drug-likeness (QED) is 0.615. The van der Waals surface area contributed by atoms with E-state index in [4.69, 9.17) is 14.5 Å². The van der Waals surface area contributed by atoms with Crippen LogP contribution in [0.1, 0.15) is 33.9 Å². The highest BCUT2D eigenvalue weighted by atomic mass is 19.1. The maximum atomic E-state index is 13.6. The van der Waals surface area contributed by atoms with E-state index in [2.05, 4.69) is 0 Å². The van der Waals surface area contributed by atoms with Gasteiger partial charge in [0.05, 0.1) is 42.9 Å². The second-order valence-corrected chi connectivity index (χ2v) is 7.21. The van der Waals surface area contributed by atoms with Gasteiger partial charge in [-0.15, -0.1) is 0 Å². The maximum Gasteiger partial charge on any atom is 0.263 e. The summed E-state index contributed by atoms with van der Waals surface area (Å²) in [5, 5.41) is 0. The number of methoxy groups -OCH3 is 2. The minimum Gasteiger partial charge on any atom is -0.493 e. The molecule has 0 aromatic heterocycles. The third kappa shape index (κ3) is 2.68. The van der Waals surface area contributed by atoms with Crippen LogP contribution < -0.4 is 14.4 Å². The topological polar surface area (TPSA) is 51.1 Å². The third-order valence-corrected chi connectivity index (χ3v) is 5.64. The SMILES string of the molecule is COc1ccc2c(c1OC)C(=O)N1c3ccccc3N=C(c3ccc(F)cc3)C[C@H]21. The summed E-state index contributed by atoms with van der Waals surface area (Å²) in [6, 6.07) is 17.3. The Labute approximate surface area is 173 Å². The number of hydrogen-bond donors (Lipinski definition) is 0. The Morgan fingerprint density at radius 2 is 1.77 bits per heavy atom. The van der Waals surface area contributed by atoms with Crippen molar-refractivity contribution in [3.63, 3.8) is 0 Å². The summed E-state index contributed by atoms with van der Waals surface area (Å²) in [5.74, 6) is 0.510. The van der Waals surface area contributed by atoms with Crippen LogP contribution in [0.15, 0.2) is 65.7 Å². The Bertz CT molecular complexity index is 1190. The molecule has 3 aromatic carbocycles. The van der Waals surface area contributed by atoms with Crippen LogP contribution >= 0.6 is 0 Å². The molecule has 0 aliphatic carbocycles. The molecule has 2 aliphatic rings. The number of benzene rings is 3. The van der Waals surface area contributed by atoms with Gasteiger partial charge in [0.25, 0.3) is 5.91 Å². The highest BCUT2D eigenvalue weighted by molar-refractivity contribution is 6.17. The Kier molecular flexibility index (Phi) is 4.28. The highest BCUT2D eigenvalue weighted by Gasteiger charge is 2.43. The average Bonchev–Trinajstić information content (AvgIpc) is 2.94. The third-order valence-electron chi connectivity index (χ3n) is 5.64. The van der Waals surface area contributed by atoms with Crippen LogP contribution in [0.25, 0.3) is 0 Å². The second kappa shape index (κ2) is 6.99. The highest BCUT2D eigenvalue weighted by Crippen LogP contribution is 2.50. The van der Waals surface area contributed by atoms with Gasteiger partial charge in [-0.3, -0.25) is 14.7 Å². The van der Waals surface area contributed by atoms with Crippen molar-refractivity contribution in [1.82, 2.24) is 0 Å². The molecule has 0 bridgehead atoms. The molecule has 2 heterocycles.